The quantitative estimate of drug-likeness (QED) is 0.0196. The maximum absolute atomic E-state index is 12.8. The zero-order valence-corrected chi connectivity index (χ0v) is 39.8. The lowest BCUT2D eigenvalue weighted by Crippen LogP contribution is -2.44. The van der Waals surface area contributed by atoms with Crippen molar-refractivity contribution < 1.29 is 42.9 Å². The molecule has 61 heavy (non-hydrogen) atoms. The van der Waals surface area contributed by atoms with E-state index in [-0.39, 0.29) is 38.6 Å². The van der Waals surface area contributed by atoms with Gasteiger partial charge in [-0.05, 0) is 77.0 Å². The lowest BCUT2D eigenvalue weighted by molar-refractivity contribution is -0.870. The van der Waals surface area contributed by atoms with Gasteiger partial charge in [-0.25, -0.2) is 0 Å². The Kier molecular flexibility index (Phi) is 41.5. The molecule has 2 unspecified atom stereocenters. The number of likely N-dealkylation sites (N-methyl/N-ethyl adjacent to an activating group) is 1. The predicted octanol–water partition coefficient (Wildman–Crippen LogP) is 12.0. The SMILES string of the molecule is CC/C=C\C/C=C\C/C=C\CCCCCCCCCC(=O)OC(COC(=O)CCCCCCCCCCC/C=C\C/C=C\CCCCC)COC(OCC[N+](C)(C)C)C(=O)[O-]. The summed E-state index contributed by atoms with van der Waals surface area (Å²) in [6.07, 6.45) is 49.6. The van der Waals surface area contributed by atoms with E-state index in [1.807, 2.05) is 21.1 Å². The summed E-state index contributed by atoms with van der Waals surface area (Å²) in [6.45, 7) is 4.59. The second-order valence-electron chi connectivity index (χ2n) is 17.4. The van der Waals surface area contributed by atoms with Crippen molar-refractivity contribution in [2.24, 2.45) is 0 Å². The van der Waals surface area contributed by atoms with Crippen molar-refractivity contribution in [3.8, 4) is 0 Å². The number of esters is 2. The molecule has 0 saturated carbocycles. The molecule has 352 valence electrons. The summed E-state index contributed by atoms with van der Waals surface area (Å²) < 4.78 is 22.6. The van der Waals surface area contributed by atoms with Gasteiger partial charge < -0.3 is 33.3 Å². The Bertz CT molecular complexity index is 1180. The molecule has 0 spiro atoms. The highest BCUT2D eigenvalue weighted by molar-refractivity contribution is 5.70. The van der Waals surface area contributed by atoms with Crippen molar-refractivity contribution in [1.82, 2.24) is 0 Å². The van der Waals surface area contributed by atoms with Crippen LogP contribution in [0.1, 0.15) is 194 Å². The van der Waals surface area contributed by atoms with Crippen LogP contribution in [0, 0.1) is 0 Å². The van der Waals surface area contributed by atoms with E-state index in [1.165, 1.54) is 83.5 Å². The van der Waals surface area contributed by atoms with Crippen molar-refractivity contribution in [1.29, 1.82) is 0 Å². The van der Waals surface area contributed by atoms with Gasteiger partial charge in [-0.15, -0.1) is 0 Å². The number of carboxylic acid groups (broad SMARTS) is 1. The molecule has 0 aromatic heterocycles. The number of carbonyl (C=O) groups is 3. The molecule has 0 amide bonds. The maximum atomic E-state index is 12.8. The van der Waals surface area contributed by atoms with Crippen LogP contribution >= 0.6 is 0 Å². The van der Waals surface area contributed by atoms with Gasteiger partial charge in [-0.1, -0.05) is 164 Å². The van der Waals surface area contributed by atoms with E-state index in [9.17, 15) is 19.5 Å². The first kappa shape index (κ1) is 58.0. The number of hydrogen-bond donors (Lipinski definition) is 0. The number of unbranched alkanes of at least 4 members (excludes halogenated alkanes) is 19. The largest absolute Gasteiger partial charge is 0.545 e. The standard InChI is InChI=1S/C52H91NO8/c1-6-8-10-12-14-16-18-20-22-24-25-27-28-30-32-34-36-38-40-42-49(54)59-46-48(47-60-52(51(56)57)58-45-44-53(3,4)5)61-50(55)43-41-39-37-35-33-31-29-26-23-21-19-17-15-13-11-9-7-2/h9,11,14-17,20-23,48,52H,6-8,10,12-13,18-19,24-47H2,1-5H3/b11-9-,16-14-,17-15-,22-20-,23-21-. The van der Waals surface area contributed by atoms with E-state index in [0.29, 0.717) is 17.4 Å². The van der Waals surface area contributed by atoms with Crippen molar-refractivity contribution in [2.45, 2.75) is 206 Å². The number of ether oxygens (including phenoxy) is 4. The minimum atomic E-state index is -1.63. The minimum absolute atomic E-state index is 0.143. The van der Waals surface area contributed by atoms with Gasteiger partial charge in [0.2, 0.25) is 0 Å². The van der Waals surface area contributed by atoms with Crippen LogP contribution in [0.2, 0.25) is 0 Å². The highest BCUT2D eigenvalue weighted by atomic mass is 16.7. The zero-order valence-electron chi connectivity index (χ0n) is 39.8. The maximum Gasteiger partial charge on any atom is 0.306 e. The average molecular weight is 858 g/mol. The van der Waals surface area contributed by atoms with Crippen LogP contribution in [0.5, 0.6) is 0 Å². The van der Waals surface area contributed by atoms with E-state index in [1.54, 1.807) is 0 Å². The van der Waals surface area contributed by atoms with Gasteiger partial charge in [0.1, 0.15) is 13.2 Å². The Balaban J connectivity index is 4.39. The first-order valence-corrected chi connectivity index (χ1v) is 24.4. The number of carbonyl (C=O) groups excluding carboxylic acids is 3. The highest BCUT2D eigenvalue weighted by Crippen LogP contribution is 2.14. The molecular weight excluding hydrogens is 767 g/mol. The van der Waals surface area contributed by atoms with Gasteiger partial charge in [-0.2, -0.15) is 0 Å². The summed E-state index contributed by atoms with van der Waals surface area (Å²) in [6, 6.07) is 0. The van der Waals surface area contributed by atoms with E-state index >= 15 is 0 Å². The van der Waals surface area contributed by atoms with Crippen LogP contribution in [0.4, 0.5) is 0 Å². The molecule has 0 aliphatic carbocycles. The Morgan fingerprint density at radius 2 is 0.934 bits per heavy atom. The van der Waals surface area contributed by atoms with Gasteiger partial charge in [0.25, 0.3) is 0 Å². The molecule has 0 rings (SSSR count). The smallest absolute Gasteiger partial charge is 0.306 e. The van der Waals surface area contributed by atoms with Crippen LogP contribution in [0.25, 0.3) is 0 Å². The fourth-order valence-electron chi connectivity index (χ4n) is 6.46. The van der Waals surface area contributed by atoms with Gasteiger partial charge >= 0.3 is 11.9 Å². The van der Waals surface area contributed by atoms with E-state index in [4.69, 9.17) is 18.9 Å². The lowest BCUT2D eigenvalue weighted by Gasteiger charge is -2.26. The molecule has 9 heteroatoms. The number of carboxylic acids is 1. The molecule has 0 N–H and O–H groups in total. The molecule has 0 radical (unpaired) electrons. The predicted molar refractivity (Wildman–Crippen MR) is 251 cm³/mol. The molecule has 0 aromatic carbocycles. The summed E-state index contributed by atoms with van der Waals surface area (Å²) in [7, 11) is 5.90. The molecule has 0 heterocycles. The topological polar surface area (TPSA) is 111 Å². The highest BCUT2D eigenvalue weighted by Gasteiger charge is 2.21. The molecule has 0 aromatic rings. The third-order valence-corrected chi connectivity index (χ3v) is 10.2. The van der Waals surface area contributed by atoms with E-state index in [0.717, 1.165) is 77.0 Å². The molecule has 2 atom stereocenters. The zero-order chi connectivity index (χ0) is 44.9. The third-order valence-electron chi connectivity index (χ3n) is 10.2. The number of aliphatic carboxylic acids is 1. The normalized spacial score (nSPS) is 13.4. The van der Waals surface area contributed by atoms with E-state index in [2.05, 4.69) is 74.6 Å². The van der Waals surface area contributed by atoms with Crippen molar-refractivity contribution in [3.63, 3.8) is 0 Å². The first-order valence-electron chi connectivity index (χ1n) is 24.4. The van der Waals surface area contributed by atoms with Crippen molar-refractivity contribution in [3.05, 3.63) is 60.8 Å². The van der Waals surface area contributed by atoms with Crippen LogP contribution < -0.4 is 5.11 Å². The summed E-state index contributed by atoms with van der Waals surface area (Å²) in [5.74, 6) is -2.31. The monoisotopic (exact) mass is 858 g/mol. The molecule has 0 aliphatic rings. The molecule has 0 aliphatic heterocycles. The van der Waals surface area contributed by atoms with E-state index < -0.39 is 24.3 Å². The third kappa shape index (κ3) is 44.8. The van der Waals surface area contributed by atoms with Gasteiger partial charge in [0.05, 0.1) is 40.3 Å². The Morgan fingerprint density at radius 3 is 1.39 bits per heavy atom. The number of rotatable bonds is 44. The number of quaternary nitrogens is 1. The summed E-state index contributed by atoms with van der Waals surface area (Å²) in [4.78, 5) is 37.1. The second-order valence-corrected chi connectivity index (χ2v) is 17.4. The summed E-state index contributed by atoms with van der Waals surface area (Å²) in [5.41, 5.74) is 0. The minimum Gasteiger partial charge on any atom is -0.545 e. The van der Waals surface area contributed by atoms with Crippen LogP contribution in [0.3, 0.4) is 0 Å². The molecular formula is C52H91NO8. The molecule has 0 fully saturated rings. The fraction of sp³-hybridized carbons (Fsp3) is 0.750. The van der Waals surface area contributed by atoms with Gasteiger partial charge in [-0.3, -0.25) is 9.59 Å². The van der Waals surface area contributed by atoms with Crippen LogP contribution in [-0.2, 0) is 33.3 Å². The summed E-state index contributed by atoms with van der Waals surface area (Å²) >= 11 is 0. The summed E-state index contributed by atoms with van der Waals surface area (Å²) in [5, 5.41) is 11.7. The molecule has 0 bridgehead atoms. The first-order chi connectivity index (χ1) is 29.6. The fourth-order valence-corrected chi connectivity index (χ4v) is 6.46. The Hall–Kier alpha value is -3.01. The van der Waals surface area contributed by atoms with Crippen molar-refractivity contribution in [2.75, 3.05) is 47.5 Å². The molecule has 9 nitrogen and oxygen atoms in total. The van der Waals surface area contributed by atoms with Gasteiger partial charge in [0, 0.05) is 12.8 Å². The number of allylic oxidation sites excluding steroid dienone is 10. The van der Waals surface area contributed by atoms with Crippen molar-refractivity contribution >= 4 is 17.9 Å². The molecule has 0 saturated heterocycles. The Labute approximate surface area is 374 Å². The Morgan fingerprint density at radius 1 is 0.508 bits per heavy atom. The number of nitrogens with zero attached hydrogens (tertiary/aromatic N) is 1. The number of hydrogen-bond acceptors (Lipinski definition) is 8. The van der Waals surface area contributed by atoms with Gasteiger partial charge in [0.15, 0.2) is 12.4 Å². The van der Waals surface area contributed by atoms with Crippen LogP contribution in [0.15, 0.2) is 60.8 Å². The average Bonchev–Trinajstić information content (AvgIpc) is 3.22. The van der Waals surface area contributed by atoms with Crippen LogP contribution in [-0.4, -0.2) is 82.3 Å². The lowest BCUT2D eigenvalue weighted by atomic mass is 10.1. The second kappa shape index (κ2) is 43.6.